The molecule has 0 spiro atoms. The zero-order chi connectivity index (χ0) is 28.5. The third kappa shape index (κ3) is 6.37. The first-order chi connectivity index (χ1) is 17.0. The third-order valence-corrected chi connectivity index (χ3v) is 7.09. The summed E-state index contributed by atoms with van der Waals surface area (Å²) in [4.78, 5) is 51.2. The topological polar surface area (TPSA) is 149 Å². The van der Waals surface area contributed by atoms with Gasteiger partial charge in [0.25, 0.3) is 0 Å². The number of hydrogen-bond donors (Lipinski definition) is 2. The molecule has 1 saturated heterocycles. The zero-order valence-corrected chi connectivity index (χ0v) is 22.7. The first kappa shape index (κ1) is 30.4. The van der Waals surface area contributed by atoms with Crippen molar-refractivity contribution in [3.8, 4) is 0 Å². The van der Waals surface area contributed by atoms with E-state index >= 15 is 0 Å². The molecule has 0 aromatic rings. The molecule has 10 heteroatoms. The van der Waals surface area contributed by atoms with Crippen LogP contribution >= 0.6 is 0 Å². The minimum absolute atomic E-state index is 0.0137. The van der Waals surface area contributed by atoms with E-state index in [2.05, 4.69) is 6.58 Å². The Morgan fingerprint density at radius 3 is 2.03 bits per heavy atom. The van der Waals surface area contributed by atoms with Crippen molar-refractivity contribution >= 4 is 23.7 Å². The average Bonchev–Trinajstić information content (AvgIpc) is 3.43. The smallest absolute Gasteiger partial charge is 0.334 e. The number of carbonyl (C=O) groups is 4. The predicted molar refractivity (Wildman–Crippen MR) is 132 cm³/mol. The maximum absolute atomic E-state index is 13.8. The first-order valence-electron chi connectivity index (χ1n) is 12.2. The van der Waals surface area contributed by atoms with E-state index in [0.717, 1.165) is 6.92 Å². The van der Waals surface area contributed by atoms with Crippen molar-refractivity contribution in [3.05, 3.63) is 35.5 Å². The SMILES string of the molecule is C=C(C(O)CC1OC1(C)C)[C@@H]1[C@@H](O)[C@@H](OC(=O)/C(C)=C\C)[C@](C)(OC(=O)/C(C)=C\C)C(=O)[C@H]1OC(C)=O. The summed E-state index contributed by atoms with van der Waals surface area (Å²) in [7, 11) is 0. The first-order valence-corrected chi connectivity index (χ1v) is 12.2. The third-order valence-electron chi connectivity index (χ3n) is 7.09. The van der Waals surface area contributed by atoms with E-state index in [1.54, 1.807) is 13.8 Å². The fraction of sp³-hybridized carbons (Fsp3) is 0.630. The van der Waals surface area contributed by atoms with Gasteiger partial charge in [-0.05, 0) is 54.0 Å². The Hall–Kier alpha value is -2.82. The summed E-state index contributed by atoms with van der Waals surface area (Å²) in [6, 6.07) is 0. The highest BCUT2D eigenvalue weighted by atomic mass is 16.6. The van der Waals surface area contributed by atoms with Gasteiger partial charge in [0, 0.05) is 24.5 Å². The summed E-state index contributed by atoms with van der Waals surface area (Å²) in [6.07, 6.45) is -3.60. The number of esters is 3. The molecule has 0 amide bonds. The molecule has 2 unspecified atom stereocenters. The minimum Gasteiger partial charge on any atom is -0.454 e. The second kappa shape index (κ2) is 11.3. The second-order valence-corrected chi connectivity index (χ2v) is 10.2. The molecule has 7 atom stereocenters. The van der Waals surface area contributed by atoms with E-state index in [1.165, 1.54) is 32.9 Å². The van der Waals surface area contributed by atoms with Crippen molar-refractivity contribution in [1.82, 2.24) is 0 Å². The Balaban J connectivity index is 2.57. The van der Waals surface area contributed by atoms with Gasteiger partial charge in [0.2, 0.25) is 11.4 Å². The van der Waals surface area contributed by atoms with Gasteiger partial charge in [-0.15, -0.1) is 0 Å². The number of hydrogen-bond acceptors (Lipinski definition) is 10. The highest BCUT2D eigenvalue weighted by Gasteiger charge is 2.63. The van der Waals surface area contributed by atoms with Gasteiger partial charge in [-0.2, -0.15) is 0 Å². The van der Waals surface area contributed by atoms with Crippen molar-refractivity contribution in [3.63, 3.8) is 0 Å². The molecule has 10 nitrogen and oxygen atoms in total. The zero-order valence-electron chi connectivity index (χ0n) is 22.7. The molecule has 0 radical (unpaired) electrons. The maximum Gasteiger partial charge on any atom is 0.334 e. The van der Waals surface area contributed by atoms with Crippen LogP contribution in [-0.4, -0.2) is 75.6 Å². The molecule has 206 valence electrons. The van der Waals surface area contributed by atoms with Gasteiger partial charge in [0.05, 0.1) is 23.7 Å². The standard InChI is InChI=1S/C27H38O10/c1-10-13(3)24(32)35-23-20(30)19(15(5)17(29)12-18-26(7,8)36-18)21(34-16(6)28)22(31)27(23,9)37-25(33)14(4)11-2/h10-11,17-21,23,29-30H,5,12H2,1-4,6-9H3/b13-10-,14-11-/t17?,18?,19-,20-,21+,23-,27-/m1/s1. The summed E-state index contributed by atoms with van der Waals surface area (Å²) in [5.74, 6) is -4.88. The van der Waals surface area contributed by atoms with Crippen molar-refractivity contribution in [2.45, 2.75) is 104 Å². The van der Waals surface area contributed by atoms with Crippen LogP contribution in [0.2, 0.25) is 0 Å². The lowest BCUT2D eigenvalue weighted by Gasteiger charge is -2.48. The van der Waals surface area contributed by atoms with Crippen LogP contribution in [0.4, 0.5) is 0 Å². The second-order valence-electron chi connectivity index (χ2n) is 10.2. The summed E-state index contributed by atoms with van der Waals surface area (Å²) < 4.78 is 21.9. The van der Waals surface area contributed by atoms with Crippen LogP contribution in [0.15, 0.2) is 35.5 Å². The van der Waals surface area contributed by atoms with Crippen LogP contribution in [0.1, 0.15) is 61.8 Å². The molecular formula is C27H38O10. The number of epoxide rings is 1. The number of ether oxygens (including phenoxy) is 4. The molecule has 2 aliphatic rings. The van der Waals surface area contributed by atoms with Gasteiger partial charge < -0.3 is 29.2 Å². The van der Waals surface area contributed by atoms with Crippen molar-refractivity contribution in [2.24, 2.45) is 5.92 Å². The molecule has 1 saturated carbocycles. The van der Waals surface area contributed by atoms with Crippen molar-refractivity contribution in [2.75, 3.05) is 0 Å². The van der Waals surface area contributed by atoms with Gasteiger partial charge in [-0.1, -0.05) is 18.7 Å². The van der Waals surface area contributed by atoms with Crippen LogP contribution in [0.3, 0.4) is 0 Å². The summed E-state index contributed by atoms with van der Waals surface area (Å²) >= 11 is 0. The largest absolute Gasteiger partial charge is 0.454 e. The normalized spacial score (nSPS) is 32.3. The lowest BCUT2D eigenvalue weighted by atomic mass is 9.68. The van der Waals surface area contributed by atoms with Crippen molar-refractivity contribution in [1.29, 1.82) is 0 Å². The molecule has 0 aromatic carbocycles. The number of allylic oxidation sites excluding steroid dienone is 2. The average molecular weight is 523 g/mol. The van der Waals surface area contributed by atoms with E-state index in [1.807, 2.05) is 13.8 Å². The molecule has 1 heterocycles. The molecule has 0 aromatic heterocycles. The van der Waals surface area contributed by atoms with Gasteiger partial charge in [0.15, 0.2) is 12.2 Å². The van der Waals surface area contributed by atoms with Crippen LogP contribution in [-0.2, 0) is 38.1 Å². The number of aliphatic hydroxyl groups excluding tert-OH is 2. The Labute approximate surface area is 217 Å². The molecular weight excluding hydrogens is 484 g/mol. The van der Waals surface area contributed by atoms with E-state index in [0.29, 0.717) is 0 Å². The van der Waals surface area contributed by atoms with Crippen molar-refractivity contribution < 1.29 is 48.3 Å². The van der Waals surface area contributed by atoms with Gasteiger partial charge in [-0.25, -0.2) is 9.59 Å². The summed E-state index contributed by atoms with van der Waals surface area (Å²) in [6.45, 7) is 16.0. The fourth-order valence-corrected chi connectivity index (χ4v) is 4.25. The Bertz CT molecular complexity index is 1020. The number of ketones is 1. The van der Waals surface area contributed by atoms with Gasteiger partial charge in [0.1, 0.15) is 6.10 Å². The minimum atomic E-state index is -2.23. The highest BCUT2D eigenvalue weighted by molar-refractivity contribution is 5.99. The number of carbonyl (C=O) groups excluding carboxylic acids is 4. The maximum atomic E-state index is 13.8. The van der Waals surface area contributed by atoms with Gasteiger partial charge >= 0.3 is 17.9 Å². The lowest BCUT2D eigenvalue weighted by molar-refractivity contribution is -0.219. The molecule has 2 N–H and O–H groups in total. The van der Waals surface area contributed by atoms with Gasteiger partial charge in [-0.3, -0.25) is 9.59 Å². The molecule has 2 fully saturated rings. The van der Waals surface area contributed by atoms with Crippen LogP contribution in [0.5, 0.6) is 0 Å². The van der Waals surface area contributed by atoms with Crippen LogP contribution in [0.25, 0.3) is 0 Å². The van der Waals surface area contributed by atoms with E-state index < -0.39 is 65.2 Å². The molecule has 1 aliphatic heterocycles. The Kier molecular flexibility index (Phi) is 9.27. The fourth-order valence-electron chi connectivity index (χ4n) is 4.25. The van der Waals surface area contributed by atoms with E-state index in [-0.39, 0.29) is 29.2 Å². The molecule has 37 heavy (non-hydrogen) atoms. The van der Waals surface area contributed by atoms with E-state index in [4.69, 9.17) is 18.9 Å². The Morgan fingerprint density at radius 1 is 1.05 bits per heavy atom. The van der Waals surface area contributed by atoms with Crippen LogP contribution in [0, 0.1) is 5.92 Å². The van der Waals surface area contributed by atoms with Crippen LogP contribution < -0.4 is 0 Å². The molecule has 0 bridgehead atoms. The predicted octanol–water partition coefficient (Wildman–Crippen LogP) is 2.11. The number of rotatable bonds is 9. The summed E-state index contributed by atoms with van der Waals surface area (Å²) in [5.41, 5.74) is -2.34. The quantitative estimate of drug-likeness (QED) is 0.152. The number of Topliss-reactive ketones (excluding diaryl/α,β-unsaturated/α-hetero) is 1. The molecule has 1 aliphatic carbocycles. The van der Waals surface area contributed by atoms with E-state index in [9.17, 15) is 29.4 Å². The lowest BCUT2D eigenvalue weighted by Crippen LogP contribution is -2.69. The Morgan fingerprint density at radius 2 is 1.57 bits per heavy atom. The monoisotopic (exact) mass is 522 g/mol. The summed E-state index contributed by atoms with van der Waals surface area (Å²) in [5, 5.41) is 22.4. The highest BCUT2D eigenvalue weighted by Crippen LogP contribution is 2.44. The molecule has 2 rings (SSSR count). The number of aliphatic hydroxyl groups is 2.